The van der Waals surface area contributed by atoms with Crippen LogP contribution in [-0.2, 0) is 4.74 Å². The van der Waals surface area contributed by atoms with Crippen molar-refractivity contribution in [1.82, 2.24) is 5.32 Å². The van der Waals surface area contributed by atoms with E-state index in [1.807, 2.05) is 0 Å². The number of piperidine rings is 1. The maximum atomic E-state index is 14.9. The minimum atomic E-state index is -0.888. The zero-order valence-corrected chi connectivity index (χ0v) is 9.18. The minimum Gasteiger partial charge on any atom is -0.381 e. The van der Waals surface area contributed by atoms with Gasteiger partial charge < -0.3 is 10.1 Å². The standard InChI is InChI=1S/C12H20FNO/c13-12(9-3-5-15-6-4-9)7-10-1-2-11(8-12)14-10/h9-11,14H,1-8H2. The molecule has 3 heteroatoms. The SMILES string of the molecule is FC1(C2CCOCC2)CC2CCC(C1)N2. The molecular formula is C12H20FNO. The molecule has 0 radical (unpaired) electrons. The highest BCUT2D eigenvalue weighted by Crippen LogP contribution is 2.44. The lowest BCUT2D eigenvalue weighted by Gasteiger charge is -2.42. The molecule has 0 spiro atoms. The van der Waals surface area contributed by atoms with Crippen LogP contribution in [0.3, 0.4) is 0 Å². The lowest BCUT2D eigenvalue weighted by Crippen LogP contribution is -2.50. The van der Waals surface area contributed by atoms with Crippen molar-refractivity contribution in [2.75, 3.05) is 13.2 Å². The van der Waals surface area contributed by atoms with E-state index in [9.17, 15) is 4.39 Å². The van der Waals surface area contributed by atoms with Gasteiger partial charge in [-0.2, -0.15) is 0 Å². The van der Waals surface area contributed by atoms with E-state index in [1.54, 1.807) is 0 Å². The first kappa shape index (κ1) is 10.0. The van der Waals surface area contributed by atoms with Crippen LogP contribution in [0.25, 0.3) is 0 Å². The Hall–Kier alpha value is -0.150. The van der Waals surface area contributed by atoms with E-state index >= 15 is 0 Å². The van der Waals surface area contributed by atoms with Gasteiger partial charge in [0.2, 0.25) is 0 Å². The molecule has 3 aliphatic rings. The van der Waals surface area contributed by atoms with Crippen LogP contribution >= 0.6 is 0 Å². The van der Waals surface area contributed by atoms with Gasteiger partial charge in [-0.1, -0.05) is 0 Å². The fraction of sp³-hybridized carbons (Fsp3) is 1.00. The zero-order chi connectivity index (χ0) is 10.3. The molecule has 3 saturated heterocycles. The first-order valence-corrected chi connectivity index (χ1v) is 6.29. The Balaban J connectivity index is 1.72. The molecule has 3 heterocycles. The highest BCUT2D eigenvalue weighted by molar-refractivity contribution is 5.03. The van der Waals surface area contributed by atoms with Gasteiger partial charge in [-0.3, -0.25) is 0 Å². The first-order chi connectivity index (χ1) is 7.26. The highest BCUT2D eigenvalue weighted by Gasteiger charge is 2.48. The van der Waals surface area contributed by atoms with Gasteiger partial charge in [0.05, 0.1) is 0 Å². The summed E-state index contributed by atoms with van der Waals surface area (Å²) in [7, 11) is 0. The average molecular weight is 213 g/mol. The van der Waals surface area contributed by atoms with Gasteiger partial charge in [0.1, 0.15) is 5.67 Å². The third-order valence-electron chi connectivity index (χ3n) is 4.46. The van der Waals surface area contributed by atoms with Gasteiger partial charge in [0, 0.05) is 25.3 Å². The van der Waals surface area contributed by atoms with Gasteiger partial charge in [0.15, 0.2) is 0 Å². The number of alkyl halides is 1. The molecule has 0 aliphatic carbocycles. The molecule has 86 valence electrons. The minimum absolute atomic E-state index is 0.261. The largest absolute Gasteiger partial charge is 0.381 e. The van der Waals surface area contributed by atoms with Crippen molar-refractivity contribution >= 4 is 0 Å². The summed E-state index contributed by atoms with van der Waals surface area (Å²) in [5.74, 6) is 0.261. The van der Waals surface area contributed by atoms with Crippen LogP contribution in [0.2, 0.25) is 0 Å². The Morgan fingerprint density at radius 2 is 1.60 bits per heavy atom. The lowest BCUT2D eigenvalue weighted by molar-refractivity contribution is -0.0363. The maximum Gasteiger partial charge on any atom is 0.117 e. The Kier molecular flexibility index (Phi) is 2.48. The predicted molar refractivity (Wildman–Crippen MR) is 56.6 cm³/mol. The summed E-state index contributed by atoms with van der Waals surface area (Å²) in [6.45, 7) is 1.53. The molecule has 15 heavy (non-hydrogen) atoms. The lowest BCUT2D eigenvalue weighted by atomic mass is 9.75. The molecule has 3 fully saturated rings. The quantitative estimate of drug-likeness (QED) is 0.719. The van der Waals surface area contributed by atoms with Crippen LogP contribution in [0, 0.1) is 5.92 Å². The second kappa shape index (κ2) is 3.70. The molecule has 3 aliphatic heterocycles. The summed E-state index contributed by atoms with van der Waals surface area (Å²) in [4.78, 5) is 0. The summed E-state index contributed by atoms with van der Waals surface area (Å²) in [6.07, 6.45) is 5.70. The molecule has 0 aromatic carbocycles. The van der Waals surface area contributed by atoms with Gasteiger partial charge in [-0.25, -0.2) is 4.39 Å². The molecular weight excluding hydrogens is 193 g/mol. The van der Waals surface area contributed by atoms with Crippen molar-refractivity contribution in [2.45, 2.75) is 56.3 Å². The van der Waals surface area contributed by atoms with E-state index in [4.69, 9.17) is 4.74 Å². The second-order valence-corrected chi connectivity index (χ2v) is 5.47. The van der Waals surface area contributed by atoms with Crippen molar-refractivity contribution in [3.05, 3.63) is 0 Å². The number of halogens is 1. The number of hydrogen-bond donors (Lipinski definition) is 1. The first-order valence-electron chi connectivity index (χ1n) is 6.29. The number of rotatable bonds is 1. The molecule has 2 bridgehead atoms. The van der Waals surface area contributed by atoms with Crippen LogP contribution in [0.15, 0.2) is 0 Å². The summed E-state index contributed by atoms with van der Waals surface area (Å²) >= 11 is 0. The van der Waals surface area contributed by atoms with Crippen LogP contribution in [0.5, 0.6) is 0 Å². The molecule has 1 N–H and O–H groups in total. The van der Waals surface area contributed by atoms with Crippen LogP contribution < -0.4 is 5.32 Å². The van der Waals surface area contributed by atoms with E-state index in [1.165, 1.54) is 12.8 Å². The highest BCUT2D eigenvalue weighted by atomic mass is 19.1. The molecule has 2 nitrogen and oxygen atoms in total. The van der Waals surface area contributed by atoms with E-state index < -0.39 is 5.67 Å². The molecule has 0 amide bonds. The smallest absolute Gasteiger partial charge is 0.117 e. The van der Waals surface area contributed by atoms with Crippen molar-refractivity contribution < 1.29 is 9.13 Å². The Bertz CT molecular complexity index is 228. The van der Waals surface area contributed by atoms with E-state index in [0.29, 0.717) is 12.1 Å². The summed E-state index contributed by atoms with van der Waals surface area (Å²) in [5, 5.41) is 3.51. The molecule has 2 unspecified atom stereocenters. The Morgan fingerprint density at radius 1 is 1.00 bits per heavy atom. The van der Waals surface area contributed by atoms with E-state index in [0.717, 1.165) is 38.9 Å². The van der Waals surface area contributed by atoms with Crippen molar-refractivity contribution in [3.63, 3.8) is 0 Å². The van der Waals surface area contributed by atoms with Crippen LogP contribution in [-0.4, -0.2) is 31.0 Å². The maximum absolute atomic E-state index is 14.9. The molecule has 3 rings (SSSR count). The number of ether oxygens (including phenoxy) is 1. The Labute approximate surface area is 90.6 Å². The van der Waals surface area contributed by atoms with Crippen LogP contribution in [0.1, 0.15) is 38.5 Å². The fourth-order valence-electron chi connectivity index (χ4n) is 3.68. The third kappa shape index (κ3) is 1.80. The van der Waals surface area contributed by atoms with Crippen LogP contribution in [0.4, 0.5) is 4.39 Å². The molecule has 0 aromatic heterocycles. The third-order valence-corrected chi connectivity index (χ3v) is 4.46. The van der Waals surface area contributed by atoms with Gasteiger partial charge in [-0.15, -0.1) is 0 Å². The van der Waals surface area contributed by atoms with E-state index in [2.05, 4.69) is 5.32 Å². The topological polar surface area (TPSA) is 21.3 Å². The second-order valence-electron chi connectivity index (χ2n) is 5.47. The number of fused-ring (bicyclic) bond motifs is 2. The van der Waals surface area contributed by atoms with E-state index in [-0.39, 0.29) is 5.92 Å². The van der Waals surface area contributed by atoms with Gasteiger partial charge >= 0.3 is 0 Å². The molecule has 2 atom stereocenters. The predicted octanol–water partition coefficient (Wildman–Crippen LogP) is 2.04. The normalized spacial score (nSPS) is 47.0. The number of hydrogen-bond acceptors (Lipinski definition) is 2. The Morgan fingerprint density at radius 3 is 2.20 bits per heavy atom. The van der Waals surface area contributed by atoms with Gasteiger partial charge in [-0.05, 0) is 44.4 Å². The van der Waals surface area contributed by atoms with Crippen molar-refractivity contribution in [3.8, 4) is 0 Å². The van der Waals surface area contributed by atoms with Crippen molar-refractivity contribution in [1.29, 1.82) is 0 Å². The van der Waals surface area contributed by atoms with Crippen molar-refractivity contribution in [2.24, 2.45) is 5.92 Å². The fourth-order valence-corrected chi connectivity index (χ4v) is 3.68. The monoisotopic (exact) mass is 213 g/mol. The summed E-state index contributed by atoms with van der Waals surface area (Å²) in [6, 6.07) is 0.910. The molecule has 0 aromatic rings. The molecule has 0 saturated carbocycles. The zero-order valence-electron chi connectivity index (χ0n) is 9.18. The average Bonchev–Trinajstić information content (AvgIpc) is 2.60. The van der Waals surface area contributed by atoms with Gasteiger partial charge in [0.25, 0.3) is 0 Å². The number of nitrogens with one attached hydrogen (secondary N) is 1. The summed E-state index contributed by atoms with van der Waals surface area (Å²) in [5.41, 5.74) is -0.888. The summed E-state index contributed by atoms with van der Waals surface area (Å²) < 4.78 is 20.2.